The largest absolute Gasteiger partial charge is 0.417 e. The molecular weight excluding hydrogens is 443 g/mol. The number of aromatic nitrogens is 1. The monoisotopic (exact) mass is 465 g/mol. The second kappa shape index (κ2) is 10.2. The highest BCUT2D eigenvalue weighted by molar-refractivity contribution is 7.20. The van der Waals surface area contributed by atoms with Crippen LogP contribution in [0, 0.1) is 0 Å². The molecule has 7 nitrogen and oxygen atoms in total. The molecule has 1 heterocycles. The van der Waals surface area contributed by atoms with E-state index in [1.807, 2.05) is 12.1 Å². The normalized spacial score (nSPS) is 12.8. The van der Waals surface area contributed by atoms with Gasteiger partial charge in [-0.1, -0.05) is 24.3 Å². The fourth-order valence-electron chi connectivity index (χ4n) is 3.13. The number of carbonyl (C=O) groups is 2. The number of alkyl halides is 3. The molecule has 0 bridgehead atoms. The molecule has 0 aliphatic rings. The molecule has 2 aromatic carbocycles. The minimum atomic E-state index is -4.71. The number of halogens is 3. The van der Waals surface area contributed by atoms with Crippen LogP contribution in [0.2, 0.25) is 0 Å². The lowest BCUT2D eigenvalue weighted by atomic mass is 10.0. The van der Waals surface area contributed by atoms with Crippen molar-refractivity contribution in [1.29, 1.82) is 0 Å². The minimum absolute atomic E-state index is 0.161. The van der Waals surface area contributed by atoms with E-state index in [1.165, 1.54) is 12.1 Å². The van der Waals surface area contributed by atoms with Crippen molar-refractivity contribution < 1.29 is 22.8 Å². The second-order valence-electron chi connectivity index (χ2n) is 7.04. The molecule has 1 atom stereocenters. The maximum Gasteiger partial charge on any atom is 0.417 e. The van der Waals surface area contributed by atoms with Crippen molar-refractivity contribution >= 4 is 33.2 Å². The number of hydrogen-bond donors (Lipinski definition) is 4. The van der Waals surface area contributed by atoms with Crippen LogP contribution in [0.15, 0.2) is 48.5 Å². The molecule has 0 saturated heterocycles. The summed E-state index contributed by atoms with van der Waals surface area (Å²) in [6, 6.07) is 10.5. The highest BCUT2D eigenvalue weighted by Gasteiger charge is 2.35. The second-order valence-corrected chi connectivity index (χ2v) is 8.07. The highest BCUT2D eigenvalue weighted by Crippen LogP contribution is 2.32. The Morgan fingerprint density at radius 2 is 1.75 bits per heavy atom. The minimum Gasteiger partial charge on any atom is -0.342 e. The predicted molar refractivity (Wildman–Crippen MR) is 116 cm³/mol. The Morgan fingerprint density at radius 3 is 2.44 bits per heavy atom. The summed E-state index contributed by atoms with van der Waals surface area (Å²) in [5.41, 5.74) is 9.87. The summed E-state index contributed by atoms with van der Waals surface area (Å²) in [5.74, 6) is -1.46. The van der Waals surface area contributed by atoms with Crippen molar-refractivity contribution in [2.45, 2.75) is 31.3 Å². The van der Waals surface area contributed by atoms with Crippen LogP contribution in [0.5, 0.6) is 0 Å². The third kappa shape index (κ3) is 5.88. The third-order valence-electron chi connectivity index (χ3n) is 4.65. The summed E-state index contributed by atoms with van der Waals surface area (Å²) in [6.07, 6.45) is -4.90. The van der Waals surface area contributed by atoms with Crippen LogP contribution in [0.3, 0.4) is 0 Å². The zero-order chi connectivity index (χ0) is 23.3. The molecule has 0 saturated carbocycles. The Morgan fingerprint density at radius 1 is 1.06 bits per heavy atom. The van der Waals surface area contributed by atoms with E-state index >= 15 is 0 Å². The highest BCUT2D eigenvalue weighted by atomic mass is 32.1. The lowest BCUT2D eigenvalue weighted by molar-refractivity contribution is -0.137. The van der Waals surface area contributed by atoms with Crippen LogP contribution >= 0.6 is 11.3 Å². The van der Waals surface area contributed by atoms with Crippen molar-refractivity contribution in [2.24, 2.45) is 11.5 Å². The first-order chi connectivity index (χ1) is 15.2. The number of Topliss-reactive ketones (excluding diaryl/α,β-unsaturated/α-hetero) is 1. The van der Waals surface area contributed by atoms with Crippen LogP contribution in [0.1, 0.15) is 38.6 Å². The molecule has 11 heteroatoms. The van der Waals surface area contributed by atoms with Gasteiger partial charge in [0.15, 0.2) is 5.01 Å². The molecule has 0 unspecified atom stereocenters. The van der Waals surface area contributed by atoms with Crippen LogP contribution < -0.4 is 22.1 Å². The SMILES string of the molecule is NC(N)NCCC[C@H](NC(=O)c1ccccc1C(F)(F)F)C(=O)c1nc2ccccc2s1. The molecular formula is C21H22F3N5O2S. The van der Waals surface area contributed by atoms with E-state index in [0.29, 0.717) is 18.5 Å². The van der Waals surface area contributed by atoms with Gasteiger partial charge < -0.3 is 16.8 Å². The number of ketones is 1. The van der Waals surface area contributed by atoms with Gasteiger partial charge in [0.05, 0.1) is 27.4 Å². The van der Waals surface area contributed by atoms with E-state index < -0.39 is 41.3 Å². The summed E-state index contributed by atoms with van der Waals surface area (Å²) in [7, 11) is 0. The van der Waals surface area contributed by atoms with E-state index in [1.54, 1.807) is 12.1 Å². The van der Waals surface area contributed by atoms with Gasteiger partial charge in [-0.15, -0.1) is 11.3 Å². The fourth-order valence-corrected chi connectivity index (χ4v) is 4.09. The van der Waals surface area contributed by atoms with Gasteiger partial charge in [0.1, 0.15) is 6.29 Å². The Kier molecular flexibility index (Phi) is 7.56. The first-order valence-corrected chi connectivity index (χ1v) is 10.6. The zero-order valence-electron chi connectivity index (χ0n) is 16.9. The van der Waals surface area contributed by atoms with E-state index in [0.717, 1.165) is 28.2 Å². The van der Waals surface area contributed by atoms with Gasteiger partial charge in [-0.25, -0.2) is 4.98 Å². The maximum absolute atomic E-state index is 13.3. The molecule has 0 aliphatic carbocycles. The molecule has 0 radical (unpaired) electrons. The van der Waals surface area contributed by atoms with E-state index in [4.69, 9.17) is 11.5 Å². The first-order valence-electron chi connectivity index (χ1n) is 9.78. The van der Waals surface area contributed by atoms with E-state index in [9.17, 15) is 22.8 Å². The van der Waals surface area contributed by atoms with Crippen molar-refractivity contribution in [3.63, 3.8) is 0 Å². The van der Waals surface area contributed by atoms with Crippen molar-refractivity contribution in [3.05, 3.63) is 64.7 Å². The van der Waals surface area contributed by atoms with E-state index in [2.05, 4.69) is 15.6 Å². The van der Waals surface area contributed by atoms with Crippen LogP contribution in [0.25, 0.3) is 10.2 Å². The zero-order valence-corrected chi connectivity index (χ0v) is 17.7. The van der Waals surface area contributed by atoms with Gasteiger partial charge in [-0.2, -0.15) is 13.2 Å². The van der Waals surface area contributed by atoms with Crippen molar-refractivity contribution in [2.75, 3.05) is 6.54 Å². The van der Waals surface area contributed by atoms with Gasteiger partial charge in [0, 0.05) is 0 Å². The lowest BCUT2D eigenvalue weighted by Crippen LogP contribution is -2.46. The number of nitrogens with two attached hydrogens (primary N) is 2. The van der Waals surface area contributed by atoms with Crippen LogP contribution in [-0.2, 0) is 6.18 Å². The number of para-hydroxylation sites is 1. The molecule has 3 aromatic rings. The fraction of sp³-hybridized carbons (Fsp3) is 0.286. The number of benzene rings is 2. The summed E-state index contributed by atoms with van der Waals surface area (Å²) in [6.45, 7) is 0.357. The Hall–Kier alpha value is -2.86. The van der Waals surface area contributed by atoms with E-state index in [-0.39, 0.29) is 11.4 Å². The third-order valence-corrected chi connectivity index (χ3v) is 5.70. The summed E-state index contributed by atoms with van der Waals surface area (Å²) < 4.78 is 40.8. The number of amides is 1. The summed E-state index contributed by atoms with van der Waals surface area (Å²) in [4.78, 5) is 30.2. The average Bonchev–Trinajstić information content (AvgIpc) is 3.18. The van der Waals surface area contributed by atoms with Gasteiger partial charge in [0.2, 0.25) is 5.78 Å². The van der Waals surface area contributed by atoms with Gasteiger partial charge in [0.25, 0.3) is 5.91 Å². The van der Waals surface area contributed by atoms with Gasteiger partial charge >= 0.3 is 6.18 Å². The van der Waals surface area contributed by atoms with Crippen molar-refractivity contribution in [3.8, 4) is 0 Å². The Balaban J connectivity index is 1.84. The molecule has 6 N–H and O–H groups in total. The Bertz CT molecular complexity index is 1070. The number of carbonyl (C=O) groups excluding carboxylic acids is 2. The molecule has 0 fully saturated rings. The average molecular weight is 466 g/mol. The number of thiazole rings is 1. The standard InChI is InChI=1S/C21H22F3N5O2S/c22-21(23,24)13-7-2-1-6-12(13)18(31)28-15(9-5-11-27-20(25)26)17(30)19-29-14-8-3-4-10-16(14)32-19/h1-4,6-8,10,15,20,27H,5,9,11,25-26H2,(H,28,31)/t15-/m0/s1. The quantitative estimate of drug-likeness (QED) is 0.219. The number of nitrogens with one attached hydrogen (secondary N) is 2. The summed E-state index contributed by atoms with van der Waals surface area (Å²) in [5, 5.41) is 5.42. The molecule has 1 aromatic heterocycles. The molecule has 3 rings (SSSR count). The smallest absolute Gasteiger partial charge is 0.342 e. The molecule has 32 heavy (non-hydrogen) atoms. The summed E-state index contributed by atoms with van der Waals surface area (Å²) >= 11 is 1.16. The molecule has 0 aliphatic heterocycles. The van der Waals surface area contributed by atoms with Crippen LogP contribution in [-0.4, -0.2) is 35.6 Å². The topological polar surface area (TPSA) is 123 Å². The first kappa shape index (κ1) is 23.8. The van der Waals surface area contributed by atoms with Crippen molar-refractivity contribution in [1.82, 2.24) is 15.6 Å². The van der Waals surface area contributed by atoms with Gasteiger partial charge in [-0.3, -0.25) is 14.9 Å². The number of rotatable bonds is 9. The predicted octanol–water partition coefficient (Wildman–Crippen LogP) is 2.87. The number of nitrogens with zero attached hydrogens (tertiary/aromatic N) is 1. The molecule has 0 spiro atoms. The van der Waals surface area contributed by atoms with Gasteiger partial charge in [-0.05, 0) is 43.7 Å². The Labute approximate surface area is 186 Å². The number of hydrogen-bond acceptors (Lipinski definition) is 7. The maximum atomic E-state index is 13.3. The molecule has 1 amide bonds. The lowest BCUT2D eigenvalue weighted by Gasteiger charge is -2.19. The van der Waals surface area contributed by atoms with Crippen LogP contribution in [0.4, 0.5) is 13.2 Å². The number of fused-ring (bicyclic) bond motifs is 1. The molecule has 170 valence electrons.